The average molecular weight is 410 g/mol. The van der Waals surface area contributed by atoms with Gasteiger partial charge in [0.2, 0.25) is 5.91 Å². The molecule has 1 unspecified atom stereocenters. The number of rotatable bonds is 4. The number of aryl methyl sites for hydroxylation is 1. The van der Waals surface area contributed by atoms with Crippen LogP contribution in [0.15, 0.2) is 59.7 Å². The smallest absolute Gasteiger partial charge is 0.231 e. The molecule has 3 rings (SSSR count). The van der Waals surface area contributed by atoms with Crippen molar-refractivity contribution in [2.45, 2.75) is 74.1 Å². The second-order valence-corrected chi connectivity index (χ2v) is 9.77. The van der Waals surface area contributed by atoms with Crippen molar-refractivity contribution in [3.63, 3.8) is 0 Å². The van der Waals surface area contributed by atoms with E-state index < -0.39 is 0 Å². The van der Waals surface area contributed by atoms with Crippen LogP contribution in [0.1, 0.15) is 78.4 Å². The van der Waals surface area contributed by atoms with Crippen molar-refractivity contribution in [3.05, 3.63) is 70.8 Å². The lowest BCUT2D eigenvalue weighted by Crippen LogP contribution is -2.17. The minimum absolute atomic E-state index is 0.0206. The standard InChI is InChI=1S/C14H19NO.C10H14.C4H10/c1-10(2)3-4-11-5-7-12-9-15-14(16)13(12)8-6-11;1-8(2)10-6-4-9(3)5-7-10;1-4(2)3/h5-8,10,13H,3-4,9H2,1-2H3,(H,15,16);4-8H,1-3H3;4H,1-3H3. The van der Waals surface area contributed by atoms with E-state index in [-0.39, 0.29) is 11.8 Å². The third-order valence-corrected chi connectivity index (χ3v) is 4.92. The van der Waals surface area contributed by atoms with Crippen LogP contribution in [-0.2, 0) is 4.79 Å². The Bertz CT molecular complexity index is 730. The van der Waals surface area contributed by atoms with E-state index in [0.717, 1.165) is 18.3 Å². The van der Waals surface area contributed by atoms with Gasteiger partial charge in [-0.05, 0) is 54.2 Å². The molecule has 1 aromatic rings. The van der Waals surface area contributed by atoms with E-state index in [1.807, 2.05) is 6.08 Å². The topological polar surface area (TPSA) is 29.1 Å². The SMILES string of the molecule is CC(C)C.CC(C)CCC1=CC=C2CNC(=O)C2C=C1.Cc1ccc(C(C)C)cc1. The molecule has 0 spiro atoms. The van der Waals surface area contributed by atoms with Crippen LogP contribution in [-0.4, -0.2) is 12.5 Å². The Morgan fingerprint density at radius 3 is 2.10 bits per heavy atom. The van der Waals surface area contributed by atoms with Gasteiger partial charge in [-0.1, -0.05) is 103 Å². The molecule has 2 aliphatic rings. The highest BCUT2D eigenvalue weighted by atomic mass is 16.2. The number of hydrogen-bond donors (Lipinski definition) is 1. The van der Waals surface area contributed by atoms with Gasteiger partial charge in [-0.15, -0.1) is 0 Å². The summed E-state index contributed by atoms with van der Waals surface area (Å²) in [5, 5.41) is 2.87. The van der Waals surface area contributed by atoms with Crippen LogP contribution in [0.25, 0.3) is 0 Å². The lowest BCUT2D eigenvalue weighted by atomic mass is 10.0. The number of fused-ring (bicyclic) bond motifs is 1. The van der Waals surface area contributed by atoms with Crippen LogP contribution < -0.4 is 5.32 Å². The van der Waals surface area contributed by atoms with Crippen LogP contribution in [0, 0.1) is 24.7 Å². The van der Waals surface area contributed by atoms with Gasteiger partial charge in [-0.2, -0.15) is 0 Å². The predicted octanol–water partition coefficient (Wildman–Crippen LogP) is 7.37. The zero-order valence-corrected chi connectivity index (χ0v) is 20.5. The van der Waals surface area contributed by atoms with Gasteiger partial charge in [-0.3, -0.25) is 4.79 Å². The molecule has 1 aliphatic carbocycles. The third kappa shape index (κ3) is 10.1. The number of carbonyl (C=O) groups excluding carboxylic acids is 1. The molecule has 166 valence electrons. The molecule has 0 aromatic heterocycles. The Morgan fingerprint density at radius 1 is 0.967 bits per heavy atom. The molecular weight excluding hydrogens is 366 g/mol. The Balaban J connectivity index is 0.000000274. The maximum Gasteiger partial charge on any atom is 0.231 e. The first-order chi connectivity index (χ1) is 14.1. The summed E-state index contributed by atoms with van der Waals surface area (Å²) in [6.45, 7) is 18.2. The molecule has 1 N–H and O–H groups in total. The van der Waals surface area contributed by atoms with Gasteiger partial charge in [0.15, 0.2) is 0 Å². The van der Waals surface area contributed by atoms with E-state index in [2.05, 4.69) is 103 Å². The normalized spacial score (nSPS) is 17.3. The Hall–Kier alpha value is -2.09. The summed E-state index contributed by atoms with van der Waals surface area (Å²) in [6, 6.07) is 8.71. The van der Waals surface area contributed by atoms with E-state index in [0.29, 0.717) is 12.5 Å². The van der Waals surface area contributed by atoms with Gasteiger partial charge < -0.3 is 5.32 Å². The molecule has 1 aromatic carbocycles. The Labute approximate surface area is 185 Å². The maximum atomic E-state index is 11.5. The van der Waals surface area contributed by atoms with Gasteiger partial charge >= 0.3 is 0 Å². The largest absolute Gasteiger partial charge is 0.352 e. The number of carbonyl (C=O) groups is 1. The van der Waals surface area contributed by atoms with Crippen molar-refractivity contribution >= 4 is 5.91 Å². The van der Waals surface area contributed by atoms with Crippen molar-refractivity contribution in [2.75, 3.05) is 6.54 Å². The minimum Gasteiger partial charge on any atom is -0.352 e. The average Bonchev–Trinajstić information content (AvgIpc) is 2.88. The molecule has 1 saturated heterocycles. The quantitative estimate of drug-likeness (QED) is 0.552. The summed E-state index contributed by atoms with van der Waals surface area (Å²) in [6.07, 6.45) is 10.7. The number of hydrogen-bond acceptors (Lipinski definition) is 1. The van der Waals surface area contributed by atoms with Gasteiger partial charge in [0.25, 0.3) is 0 Å². The molecular formula is C28H43NO. The van der Waals surface area contributed by atoms with Crippen molar-refractivity contribution in [3.8, 4) is 0 Å². The van der Waals surface area contributed by atoms with Gasteiger partial charge in [0.05, 0.1) is 5.92 Å². The van der Waals surface area contributed by atoms with E-state index in [4.69, 9.17) is 0 Å². The fourth-order valence-electron chi connectivity index (χ4n) is 3.01. The van der Waals surface area contributed by atoms with Crippen molar-refractivity contribution in [1.82, 2.24) is 5.32 Å². The second-order valence-electron chi connectivity index (χ2n) is 9.77. The highest BCUT2D eigenvalue weighted by molar-refractivity contribution is 5.87. The third-order valence-electron chi connectivity index (χ3n) is 4.92. The fourth-order valence-corrected chi connectivity index (χ4v) is 3.01. The first-order valence-electron chi connectivity index (χ1n) is 11.5. The van der Waals surface area contributed by atoms with Gasteiger partial charge in [0.1, 0.15) is 0 Å². The summed E-state index contributed by atoms with van der Waals surface area (Å²) >= 11 is 0. The van der Waals surface area contributed by atoms with Gasteiger partial charge in [0, 0.05) is 6.54 Å². The molecule has 0 radical (unpaired) electrons. The van der Waals surface area contributed by atoms with E-state index in [9.17, 15) is 4.79 Å². The minimum atomic E-state index is -0.0206. The highest BCUT2D eigenvalue weighted by Gasteiger charge is 2.27. The lowest BCUT2D eigenvalue weighted by Gasteiger charge is -2.04. The van der Waals surface area contributed by atoms with E-state index in [1.54, 1.807) is 0 Å². The molecule has 30 heavy (non-hydrogen) atoms. The molecule has 1 fully saturated rings. The maximum absolute atomic E-state index is 11.5. The van der Waals surface area contributed by atoms with Crippen molar-refractivity contribution < 1.29 is 4.79 Å². The first kappa shape index (κ1) is 25.9. The molecule has 1 aliphatic heterocycles. The zero-order valence-electron chi connectivity index (χ0n) is 20.5. The molecule has 1 amide bonds. The van der Waals surface area contributed by atoms with Crippen LogP contribution >= 0.6 is 0 Å². The summed E-state index contributed by atoms with van der Waals surface area (Å²) in [5.41, 5.74) is 5.29. The van der Waals surface area contributed by atoms with Crippen molar-refractivity contribution in [1.29, 1.82) is 0 Å². The van der Waals surface area contributed by atoms with Crippen LogP contribution in [0.4, 0.5) is 0 Å². The summed E-state index contributed by atoms with van der Waals surface area (Å²) in [5.74, 6) is 2.34. The molecule has 1 heterocycles. The zero-order chi connectivity index (χ0) is 22.7. The van der Waals surface area contributed by atoms with E-state index in [1.165, 1.54) is 28.7 Å². The number of nitrogens with one attached hydrogen (secondary N) is 1. The molecule has 0 saturated carbocycles. The van der Waals surface area contributed by atoms with Gasteiger partial charge in [-0.25, -0.2) is 0 Å². The van der Waals surface area contributed by atoms with Crippen LogP contribution in [0.3, 0.4) is 0 Å². The lowest BCUT2D eigenvalue weighted by molar-refractivity contribution is -0.120. The summed E-state index contributed by atoms with van der Waals surface area (Å²) in [7, 11) is 0. The molecule has 1 atom stereocenters. The number of benzene rings is 1. The molecule has 2 heteroatoms. The number of amides is 1. The first-order valence-corrected chi connectivity index (χ1v) is 11.5. The Kier molecular flexibility index (Phi) is 11.5. The second kappa shape index (κ2) is 13.3. The van der Waals surface area contributed by atoms with E-state index >= 15 is 0 Å². The summed E-state index contributed by atoms with van der Waals surface area (Å²) < 4.78 is 0. The summed E-state index contributed by atoms with van der Waals surface area (Å²) in [4.78, 5) is 11.5. The Morgan fingerprint density at radius 2 is 1.57 bits per heavy atom. The molecule has 2 nitrogen and oxygen atoms in total. The molecule has 0 bridgehead atoms. The predicted molar refractivity (Wildman–Crippen MR) is 132 cm³/mol. The van der Waals surface area contributed by atoms with Crippen LogP contribution in [0.5, 0.6) is 0 Å². The fraction of sp³-hybridized carbons (Fsp3) is 0.536. The van der Waals surface area contributed by atoms with Crippen LogP contribution in [0.2, 0.25) is 0 Å². The number of allylic oxidation sites excluding steroid dienone is 4. The monoisotopic (exact) mass is 409 g/mol. The highest BCUT2D eigenvalue weighted by Crippen LogP contribution is 2.24. The van der Waals surface area contributed by atoms with Crippen molar-refractivity contribution in [2.24, 2.45) is 17.8 Å².